The highest BCUT2D eigenvalue weighted by atomic mass is 16.3. The lowest BCUT2D eigenvalue weighted by atomic mass is 9.73. The molecule has 0 aliphatic rings. The second kappa shape index (κ2) is 11.5. The van der Waals surface area contributed by atoms with Crippen molar-refractivity contribution < 1.29 is 15.0 Å². The quantitative estimate of drug-likeness (QED) is 0.405. The maximum Gasteiger partial charge on any atom is 0.220 e. The molecule has 0 heterocycles. The van der Waals surface area contributed by atoms with Crippen LogP contribution in [0.2, 0.25) is 0 Å². The summed E-state index contributed by atoms with van der Waals surface area (Å²) in [5.41, 5.74) is 1.67. The average Bonchev–Trinajstić information content (AvgIpc) is 2.72. The van der Waals surface area contributed by atoms with Gasteiger partial charge in [-0.1, -0.05) is 70.2 Å². The van der Waals surface area contributed by atoms with E-state index in [2.05, 4.69) is 19.2 Å². The van der Waals surface area contributed by atoms with E-state index in [0.717, 1.165) is 24.1 Å². The molecular weight excluding hydrogens is 362 g/mol. The third kappa shape index (κ3) is 7.12. The lowest BCUT2D eigenvalue weighted by Crippen LogP contribution is -2.29. The first kappa shape index (κ1) is 22.8. The van der Waals surface area contributed by atoms with Gasteiger partial charge in [-0.05, 0) is 48.2 Å². The largest absolute Gasteiger partial charge is 0.508 e. The van der Waals surface area contributed by atoms with E-state index in [0.29, 0.717) is 12.8 Å². The molecule has 0 unspecified atom stereocenters. The lowest BCUT2D eigenvalue weighted by Gasteiger charge is -2.31. The number of carbonyl (C=O) groups is 1. The minimum absolute atomic E-state index is 0.0716. The molecule has 2 aromatic rings. The molecule has 4 heteroatoms. The molecule has 3 N–H and O–H groups in total. The summed E-state index contributed by atoms with van der Waals surface area (Å²) >= 11 is 0. The minimum Gasteiger partial charge on any atom is -0.508 e. The molecule has 0 spiro atoms. The zero-order valence-electron chi connectivity index (χ0n) is 17.8. The molecule has 0 saturated heterocycles. The van der Waals surface area contributed by atoms with Crippen molar-refractivity contribution in [1.82, 2.24) is 5.32 Å². The lowest BCUT2D eigenvalue weighted by molar-refractivity contribution is -0.121. The normalized spacial score (nSPS) is 11.4. The fraction of sp³-hybridized carbons (Fsp3) is 0.480. The average molecular weight is 398 g/mol. The molecule has 2 aromatic carbocycles. The number of hydrogen-bond acceptors (Lipinski definition) is 3. The van der Waals surface area contributed by atoms with E-state index in [9.17, 15) is 15.0 Å². The SMILES string of the molecule is CCCCCCCCNC(=O)CCC(C)(c1ccc(O)cc1)c1ccc(O)cc1. The number of phenolic OH excluding ortho intramolecular Hbond substituents is 2. The van der Waals surface area contributed by atoms with Gasteiger partial charge in [-0.25, -0.2) is 0 Å². The first-order valence-electron chi connectivity index (χ1n) is 10.8. The second-order valence-electron chi connectivity index (χ2n) is 8.04. The Balaban J connectivity index is 1.95. The Morgan fingerprint density at radius 2 is 1.31 bits per heavy atom. The van der Waals surface area contributed by atoms with Crippen LogP contribution in [0.5, 0.6) is 11.5 Å². The molecule has 29 heavy (non-hydrogen) atoms. The van der Waals surface area contributed by atoms with Gasteiger partial charge >= 0.3 is 0 Å². The predicted octanol–water partition coefficient (Wildman–Crippen LogP) is 5.66. The van der Waals surface area contributed by atoms with Gasteiger partial charge in [0.25, 0.3) is 0 Å². The molecule has 0 atom stereocenters. The summed E-state index contributed by atoms with van der Waals surface area (Å²) in [5.74, 6) is 0.513. The third-order valence-corrected chi connectivity index (χ3v) is 5.71. The molecule has 0 aromatic heterocycles. The van der Waals surface area contributed by atoms with Crippen LogP contribution in [0.25, 0.3) is 0 Å². The predicted molar refractivity (Wildman–Crippen MR) is 118 cm³/mol. The van der Waals surface area contributed by atoms with Gasteiger partial charge in [-0.15, -0.1) is 0 Å². The van der Waals surface area contributed by atoms with Gasteiger partial charge in [0.1, 0.15) is 11.5 Å². The molecule has 1 amide bonds. The second-order valence-corrected chi connectivity index (χ2v) is 8.04. The van der Waals surface area contributed by atoms with Crippen LogP contribution in [0.4, 0.5) is 0 Å². The van der Waals surface area contributed by atoms with Crippen molar-refractivity contribution in [1.29, 1.82) is 0 Å². The molecule has 2 rings (SSSR count). The van der Waals surface area contributed by atoms with Crippen LogP contribution in [0.3, 0.4) is 0 Å². The number of nitrogens with one attached hydrogen (secondary N) is 1. The number of phenols is 2. The van der Waals surface area contributed by atoms with E-state index >= 15 is 0 Å². The van der Waals surface area contributed by atoms with Gasteiger partial charge in [0.05, 0.1) is 0 Å². The van der Waals surface area contributed by atoms with E-state index in [-0.39, 0.29) is 22.8 Å². The van der Waals surface area contributed by atoms with Crippen LogP contribution >= 0.6 is 0 Å². The first-order chi connectivity index (χ1) is 14.0. The Labute approximate surface area is 175 Å². The van der Waals surface area contributed by atoms with Crippen LogP contribution in [0, 0.1) is 0 Å². The Kier molecular flexibility index (Phi) is 9.04. The van der Waals surface area contributed by atoms with Gasteiger partial charge in [0, 0.05) is 18.4 Å². The summed E-state index contributed by atoms with van der Waals surface area (Å²) in [6.07, 6.45) is 8.32. The molecule has 0 saturated carbocycles. The first-order valence-corrected chi connectivity index (χ1v) is 10.8. The van der Waals surface area contributed by atoms with E-state index in [1.54, 1.807) is 24.3 Å². The van der Waals surface area contributed by atoms with Crippen molar-refractivity contribution in [2.24, 2.45) is 0 Å². The van der Waals surface area contributed by atoms with Crippen molar-refractivity contribution in [3.63, 3.8) is 0 Å². The molecule has 0 fully saturated rings. The summed E-state index contributed by atoms with van der Waals surface area (Å²) in [4.78, 5) is 12.4. The minimum atomic E-state index is -0.390. The highest BCUT2D eigenvalue weighted by Gasteiger charge is 2.29. The zero-order chi connectivity index (χ0) is 21.1. The smallest absolute Gasteiger partial charge is 0.220 e. The number of amides is 1. The number of aromatic hydroxyl groups is 2. The van der Waals surface area contributed by atoms with Crippen LogP contribution in [0.1, 0.15) is 76.3 Å². The van der Waals surface area contributed by atoms with Gasteiger partial charge in [-0.2, -0.15) is 0 Å². The number of benzene rings is 2. The molecule has 0 aliphatic carbocycles. The van der Waals surface area contributed by atoms with Crippen molar-refractivity contribution in [3.8, 4) is 11.5 Å². The Hall–Kier alpha value is -2.49. The Morgan fingerprint density at radius 1 is 0.828 bits per heavy atom. The van der Waals surface area contributed by atoms with E-state index < -0.39 is 0 Å². The number of unbranched alkanes of at least 4 members (excludes halogenated alkanes) is 5. The molecular formula is C25H35NO3. The molecule has 158 valence electrons. The van der Waals surface area contributed by atoms with E-state index in [1.165, 1.54) is 32.1 Å². The zero-order valence-corrected chi connectivity index (χ0v) is 17.8. The number of rotatable bonds is 12. The summed E-state index contributed by atoms with van der Waals surface area (Å²) in [7, 11) is 0. The third-order valence-electron chi connectivity index (χ3n) is 5.71. The van der Waals surface area contributed by atoms with Crippen LogP contribution in [0.15, 0.2) is 48.5 Å². The van der Waals surface area contributed by atoms with Gasteiger partial charge in [0.15, 0.2) is 0 Å². The number of hydrogen-bond donors (Lipinski definition) is 3. The molecule has 4 nitrogen and oxygen atoms in total. The maximum absolute atomic E-state index is 12.4. The molecule has 0 radical (unpaired) electrons. The van der Waals surface area contributed by atoms with E-state index in [1.807, 2.05) is 24.3 Å². The Bertz CT molecular complexity index is 692. The highest BCUT2D eigenvalue weighted by molar-refractivity contribution is 5.76. The monoisotopic (exact) mass is 397 g/mol. The fourth-order valence-corrected chi connectivity index (χ4v) is 3.70. The molecule has 0 bridgehead atoms. The fourth-order valence-electron chi connectivity index (χ4n) is 3.70. The van der Waals surface area contributed by atoms with Gasteiger partial charge < -0.3 is 15.5 Å². The maximum atomic E-state index is 12.4. The standard InChI is InChI=1S/C25H35NO3/c1-3-4-5-6-7-8-19-26-24(29)17-18-25(2,20-9-13-22(27)14-10-20)21-11-15-23(28)16-12-21/h9-16,27-28H,3-8,17-19H2,1-2H3,(H,26,29). The Morgan fingerprint density at radius 3 is 1.83 bits per heavy atom. The summed E-state index contributed by atoms with van der Waals surface area (Å²) in [5, 5.41) is 22.3. The highest BCUT2D eigenvalue weighted by Crippen LogP contribution is 2.37. The van der Waals surface area contributed by atoms with Crippen LogP contribution in [-0.2, 0) is 10.2 Å². The van der Waals surface area contributed by atoms with Crippen LogP contribution < -0.4 is 5.32 Å². The van der Waals surface area contributed by atoms with Crippen molar-refractivity contribution >= 4 is 5.91 Å². The van der Waals surface area contributed by atoms with Crippen LogP contribution in [-0.4, -0.2) is 22.7 Å². The van der Waals surface area contributed by atoms with Crippen molar-refractivity contribution in [3.05, 3.63) is 59.7 Å². The van der Waals surface area contributed by atoms with Crippen molar-refractivity contribution in [2.45, 2.75) is 70.6 Å². The molecule has 0 aliphatic heterocycles. The summed E-state index contributed by atoms with van der Waals surface area (Å²) in [6.45, 7) is 5.05. The summed E-state index contributed by atoms with van der Waals surface area (Å²) < 4.78 is 0. The van der Waals surface area contributed by atoms with Gasteiger partial charge in [0.2, 0.25) is 5.91 Å². The topological polar surface area (TPSA) is 69.6 Å². The summed E-state index contributed by atoms with van der Waals surface area (Å²) in [6, 6.07) is 14.3. The van der Waals surface area contributed by atoms with Gasteiger partial charge in [-0.3, -0.25) is 4.79 Å². The number of carbonyl (C=O) groups excluding carboxylic acids is 1. The van der Waals surface area contributed by atoms with Crippen molar-refractivity contribution in [2.75, 3.05) is 6.54 Å². The van der Waals surface area contributed by atoms with E-state index in [4.69, 9.17) is 0 Å².